The van der Waals surface area contributed by atoms with E-state index in [4.69, 9.17) is 0 Å². The summed E-state index contributed by atoms with van der Waals surface area (Å²) in [5, 5.41) is 11.1. The molecule has 2 N–H and O–H groups in total. The Morgan fingerprint density at radius 2 is 1.68 bits per heavy atom. The average Bonchev–Trinajstić information content (AvgIpc) is 2.39. The van der Waals surface area contributed by atoms with Gasteiger partial charge in [-0.25, -0.2) is 0 Å². The standard InChI is InChI=1S/C12H11N3O4/c16-11-12(17)14-10-7-4-2-1-3-6(7)9(15(18)19)5-8(10)13-11/h5H,1-4H2,(H,13,16)(H,14,17). The predicted molar refractivity (Wildman–Crippen MR) is 68.5 cm³/mol. The zero-order chi connectivity index (χ0) is 13.6. The highest BCUT2D eigenvalue weighted by atomic mass is 16.6. The fourth-order valence-electron chi connectivity index (χ4n) is 2.68. The van der Waals surface area contributed by atoms with Gasteiger partial charge in [-0.05, 0) is 31.2 Å². The van der Waals surface area contributed by atoms with Crippen LogP contribution in [0.2, 0.25) is 0 Å². The fraction of sp³-hybridized carbons (Fsp3) is 0.333. The Balaban J connectivity index is 2.47. The van der Waals surface area contributed by atoms with Crippen LogP contribution in [0.5, 0.6) is 0 Å². The van der Waals surface area contributed by atoms with Crippen molar-refractivity contribution in [2.24, 2.45) is 0 Å². The van der Waals surface area contributed by atoms with Gasteiger partial charge in [-0.2, -0.15) is 0 Å². The number of benzene rings is 1. The lowest BCUT2D eigenvalue weighted by Crippen LogP contribution is -2.29. The predicted octanol–water partition coefficient (Wildman–Crippen LogP) is 1.00. The number of H-pyrrole nitrogens is 2. The number of hydrogen-bond acceptors (Lipinski definition) is 4. The van der Waals surface area contributed by atoms with Gasteiger partial charge in [0.1, 0.15) is 0 Å². The van der Waals surface area contributed by atoms with E-state index in [9.17, 15) is 19.7 Å². The van der Waals surface area contributed by atoms with E-state index in [0.717, 1.165) is 18.4 Å². The highest BCUT2D eigenvalue weighted by Gasteiger charge is 2.24. The van der Waals surface area contributed by atoms with Crippen molar-refractivity contribution in [1.82, 2.24) is 9.97 Å². The number of nitrogens with one attached hydrogen (secondary N) is 2. The van der Waals surface area contributed by atoms with Crippen molar-refractivity contribution in [3.8, 4) is 0 Å². The molecular formula is C12H11N3O4. The third-order valence-electron chi connectivity index (χ3n) is 3.52. The topological polar surface area (TPSA) is 109 Å². The molecule has 0 amide bonds. The summed E-state index contributed by atoms with van der Waals surface area (Å²) < 4.78 is 0. The maximum absolute atomic E-state index is 11.4. The monoisotopic (exact) mass is 261 g/mol. The lowest BCUT2D eigenvalue weighted by Gasteiger charge is -2.17. The van der Waals surface area contributed by atoms with E-state index >= 15 is 0 Å². The Morgan fingerprint density at radius 3 is 2.37 bits per heavy atom. The van der Waals surface area contributed by atoms with E-state index in [1.54, 1.807) is 0 Å². The van der Waals surface area contributed by atoms with Gasteiger partial charge < -0.3 is 9.97 Å². The van der Waals surface area contributed by atoms with Crippen LogP contribution in [0.25, 0.3) is 11.0 Å². The molecule has 0 saturated heterocycles. The number of rotatable bonds is 1. The van der Waals surface area contributed by atoms with Gasteiger partial charge >= 0.3 is 11.1 Å². The van der Waals surface area contributed by atoms with E-state index in [2.05, 4.69) is 9.97 Å². The highest BCUT2D eigenvalue weighted by Crippen LogP contribution is 2.33. The van der Waals surface area contributed by atoms with Gasteiger partial charge in [-0.15, -0.1) is 0 Å². The van der Waals surface area contributed by atoms with Gasteiger partial charge in [-0.3, -0.25) is 19.7 Å². The highest BCUT2D eigenvalue weighted by molar-refractivity contribution is 5.83. The van der Waals surface area contributed by atoms with Crippen LogP contribution < -0.4 is 11.1 Å². The van der Waals surface area contributed by atoms with Gasteiger partial charge in [0.2, 0.25) is 0 Å². The van der Waals surface area contributed by atoms with E-state index < -0.39 is 16.0 Å². The summed E-state index contributed by atoms with van der Waals surface area (Å²) in [6.45, 7) is 0. The van der Waals surface area contributed by atoms with E-state index in [1.807, 2.05) is 0 Å². The van der Waals surface area contributed by atoms with Crippen molar-refractivity contribution in [3.63, 3.8) is 0 Å². The summed E-state index contributed by atoms with van der Waals surface area (Å²) in [6, 6.07) is 1.33. The molecule has 0 bridgehead atoms. The van der Waals surface area contributed by atoms with Gasteiger partial charge in [0.25, 0.3) is 5.69 Å². The number of nitrogens with zero attached hydrogens (tertiary/aromatic N) is 1. The molecule has 0 unspecified atom stereocenters. The van der Waals surface area contributed by atoms with Gasteiger partial charge in [0.15, 0.2) is 0 Å². The van der Waals surface area contributed by atoms with Crippen LogP contribution in [0.15, 0.2) is 15.7 Å². The number of aromatic amines is 2. The lowest BCUT2D eigenvalue weighted by molar-refractivity contribution is -0.385. The van der Waals surface area contributed by atoms with Crippen LogP contribution in [0.4, 0.5) is 5.69 Å². The summed E-state index contributed by atoms with van der Waals surface area (Å²) >= 11 is 0. The molecule has 1 aromatic carbocycles. The smallest absolute Gasteiger partial charge is 0.314 e. The van der Waals surface area contributed by atoms with Crippen molar-refractivity contribution >= 4 is 16.7 Å². The van der Waals surface area contributed by atoms with E-state index in [1.165, 1.54) is 6.07 Å². The third kappa shape index (κ3) is 1.74. The average molecular weight is 261 g/mol. The molecule has 0 atom stereocenters. The SMILES string of the molecule is O=c1[nH]c2cc([N+](=O)[O-])c3c(c2[nH]c1=O)CCCC3. The minimum absolute atomic E-state index is 0.0184. The molecule has 0 saturated carbocycles. The molecule has 0 aliphatic heterocycles. The zero-order valence-electron chi connectivity index (χ0n) is 9.99. The van der Waals surface area contributed by atoms with Crippen molar-refractivity contribution in [2.75, 3.05) is 0 Å². The van der Waals surface area contributed by atoms with Crippen LogP contribution in [0.1, 0.15) is 24.0 Å². The number of hydrogen-bond donors (Lipinski definition) is 2. The second-order valence-corrected chi connectivity index (χ2v) is 4.65. The number of aromatic nitrogens is 2. The number of aryl methyl sites for hydroxylation is 1. The number of fused-ring (bicyclic) bond motifs is 3. The first kappa shape index (κ1) is 11.6. The quantitative estimate of drug-likeness (QED) is 0.453. The molecule has 98 valence electrons. The molecular weight excluding hydrogens is 250 g/mol. The fourth-order valence-corrected chi connectivity index (χ4v) is 2.68. The molecule has 3 rings (SSSR count). The normalized spacial score (nSPS) is 14.3. The Labute approximate surface area is 106 Å². The molecule has 1 heterocycles. The van der Waals surface area contributed by atoms with Crippen molar-refractivity contribution < 1.29 is 4.92 Å². The van der Waals surface area contributed by atoms with Gasteiger partial charge in [-0.1, -0.05) is 0 Å². The molecule has 1 aliphatic carbocycles. The molecule has 1 aromatic heterocycles. The molecule has 19 heavy (non-hydrogen) atoms. The zero-order valence-corrected chi connectivity index (χ0v) is 9.99. The maximum atomic E-state index is 11.4. The molecule has 0 radical (unpaired) electrons. The summed E-state index contributed by atoms with van der Waals surface area (Å²) in [7, 11) is 0. The van der Waals surface area contributed by atoms with E-state index in [0.29, 0.717) is 29.4 Å². The summed E-state index contributed by atoms with van der Waals surface area (Å²) in [5.74, 6) is 0. The largest absolute Gasteiger partial charge is 0.316 e. The first-order valence-corrected chi connectivity index (χ1v) is 6.03. The maximum Gasteiger partial charge on any atom is 0.314 e. The van der Waals surface area contributed by atoms with Crippen molar-refractivity contribution in [1.29, 1.82) is 0 Å². The first-order chi connectivity index (χ1) is 9.08. The van der Waals surface area contributed by atoms with Crippen LogP contribution in [0.3, 0.4) is 0 Å². The van der Waals surface area contributed by atoms with Crippen LogP contribution in [-0.4, -0.2) is 14.9 Å². The second-order valence-electron chi connectivity index (χ2n) is 4.65. The Kier molecular flexibility index (Phi) is 2.48. The summed E-state index contributed by atoms with van der Waals surface area (Å²) in [6.07, 6.45) is 3.12. The molecule has 0 spiro atoms. The minimum Gasteiger partial charge on any atom is -0.316 e. The molecule has 7 heteroatoms. The Hall–Kier alpha value is -2.44. The summed E-state index contributed by atoms with van der Waals surface area (Å²) in [4.78, 5) is 38.3. The molecule has 1 aliphatic rings. The lowest BCUT2D eigenvalue weighted by atomic mass is 9.89. The Morgan fingerprint density at radius 1 is 1.05 bits per heavy atom. The molecule has 0 fully saturated rings. The van der Waals surface area contributed by atoms with Crippen molar-refractivity contribution in [3.05, 3.63) is 48.0 Å². The van der Waals surface area contributed by atoms with Crippen LogP contribution in [0, 0.1) is 10.1 Å². The van der Waals surface area contributed by atoms with Crippen LogP contribution >= 0.6 is 0 Å². The first-order valence-electron chi connectivity index (χ1n) is 6.03. The van der Waals surface area contributed by atoms with Gasteiger partial charge in [0, 0.05) is 11.6 Å². The second kappa shape index (κ2) is 4.04. The molecule has 2 aromatic rings. The molecule has 7 nitrogen and oxygen atoms in total. The summed E-state index contributed by atoms with van der Waals surface area (Å²) in [5.41, 5.74) is 0.786. The van der Waals surface area contributed by atoms with Crippen LogP contribution in [-0.2, 0) is 12.8 Å². The Bertz CT molecular complexity index is 803. The van der Waals surface area contributed by atoms with E-state index in [-0.39, 0.29) is 5.69 Å². The minimum atomic E-state index is -0.794. The van der Waals surface area contributed by atoms with Crippen molar-refractivity contribution in [2.45, 2.75) is 25.7 Å². The number of nitro groups is 1. The third-order valence-corrected chi connectivity index (χ3v) is 3.52. The van der Waals surface area contributed by atoms with Gasteiger partial charge in [0.05, 0.1) is 16.0 Å². The number of nitro benzene ring substituents is 1.